The lowest BCUT2D eigenvalue weighted by atomic mass is 9.87. The molecule has 0 N–H and O–H groups in total. The van der Waals surface area contributed by atoms with E-state index < -0.39 is 6.10 Å². The minimum Gasteiger partial charge on any atom is -0.481 e. The highest BCUT2D eigenvalue weighted by molar-refractivity contribution is 5.92. The Labute approximate surface area is 230 Å². The van der Waals surface area contributed by atoms with Crippen molar-refractivity contribution in [3.8, 4) is 5.75 Å². The number of furan rings is 1. The summed E-state index contributed by atoms with van der Waals surface area (Å²) >= 11 is 0. The highest BCUT2D eigenvalue weighted by Gasteiger charge is 2.34. The van der Waals surface area contributed by atoms with Crippen LogP contribution >= 0.6 is 0 Å². The molecule has 39 heavy (non-hydrogen) atoms. The van der Waals surface area contributed by atoms with E-state index in [1.807, 2.05) is 34.9 Å². The van der Waals surface area contributed by atoms with E-state index in [1.165, 1.54) is 11.8 Å². The van der Waals surface area contributed by atoms with Crippen LogP contribution in [0, 0.1) is 6.92 Å². The summed E-state index contributed by atoms with van der Waals surface area (Å²) in [5.41, 5.74) is 4.33. The highest BCUT2D eigenvalue weighted by Crippen LogP contribution is 2.38. The number of nitrogens with zero attached hydrogens (tertiary/aromatic N) is 3. The first-order chi connectivity index (χ1) is 18.9. The molecule has 8 heteroatoms. The van der Waals surface area contributed by atoms with Gasteiger partial charge in [-0.05, 0) is 61.2 Å². The normalized spacial score (nSPS) is 18.5. The fourth-order valence-corrected chi connectivity index (χ4v) is 5.55. The lowest BCUT2D eigenvalue weighted by Crippen LogP contribution is -2.52. The molecule has 0 radical (unpaired) electrons. The Hall–Kier alpha value is -3.62. The first-order valence-corrected chi connectivity index (χ1v) is 13.6. The fourth-order valence-electron chi connectivity index (χ4n) is 5.55. The van der Waals surface area contributed by atoms with Gasteiger partial charge in [-0.2, -0.15) is 0 Å². The average Bonchev–Trinajstić information content (AvgIpc) is 3.50. The Bertz CT molecular complexity index is 1280. The van der Waals surface area contributed by atoms with Crippen molar-refractivity contribution in [2.24, 2.45) is 0 Å². The molecule has 206 valence electrons. The van der Waals surface area contributed by atoms with Crippen LogP contribution in [0.4, 0.5) is 0 Å². The molecule has 0 aliphatic carbocycles. The first-order valence-electron chi connectivity index (χ1n) is 13.6. The number of methoxy groups -OCH3 is 1. The molecule has 3 aromatic rings. The largest absolute Gasteiger partial charge is 0.481 e. The molecule has 2 aliphatic heterocycles. The summed E-state index contributed by atoms with van der Waals surface area (Å²) in [6.45, 7) is 9.04. The lowest BCUT2D eigenvalue weighted by Gasteiger charge is -2.38. The van der Waals surface area contributed by atoms with Crippen LogP contribution in [0.2, 0.25) is 0 Å². The quantitative estimate of drug-likeness (QED) is 0.439. The van der Waals surface area contributed by atoms with Crippen LogP contribution in [0.1, 0.15) is 45.8 Å². The van der Waals surface area contributed by atoms with Crippen molar-refractivity contribution in [1.82, 2.24) is 14.7 Å². The number of fused-ring (bicyclic) bond motifs is 1. The van der Waals surface area contributed by atoms with Gasteiger partial charge >= 0.3 is 0 Å². The van der Waals surface area contributed by atoms with Crippen molar-refractivity contribution in [3.63, 3.8) is 0 Å². The molecular weight excluding hydrogens is 494 g/mol. The molecular formula is C31H37N3O5. The van der Waals surface area contributed by atoms with Crippen molar-refractivity contribution >= 4 is 11.8 Å². The van der Waals surface area contributed by atoms with Crippen molar-refractivity contribution < 1.29 is 23.5 Å². The van der Waals surface area contributed by atoms with Crippen LogP contribution in [0.15, 0.2) is 65.3 Å². The van der Waals surface area contributed by atoms with Gasteiger partial charge < -0.3 is 23.7 Å². The van der Waals surface area contributed by atoms with Gasteiger partial charge in [-0.15, -0.1) is 0 Å². The number of benzene rings is 2. The third kappa shape index (κ3) is 6.02. The topological polar surface area (TPSA) is 75.5 Å². The minimum atomic E-state index is -0.615. The number of ether oxygens (including phenoxy) is 2. The number of rotatable bonds is 8. The Morgan fingerprint density at radius 1 is 1.03 bits per heavy atom. The molecule has 1 fully saturated rings. The van der Waals surface area contributed by atoms with Gasteiger partial charge in [0.05, 0.1) is 18.9 Å². The lowest BCUT2D eigenvalue weighted by molar-refractivity contribution is -0.139. The van der Waals surface area contributed by atoms with E-state index in [9.17, 15) is 9.59 Å². The smallest absolute Gasteiger partial charge is 0.290 e. The molecule has 1 aromatic heterocycles. The Balaban J connectivity index is 1.36. The molecule has 1 saturated heterocycles. The summed E-state index contributed by atoms with van der Waals surface area (Å²) in [4.78, 5) is 32.8. The van der Waals surface area contributed by atoms with Crippen LogP contribution in [0.5, 0.6) is 5.75 Å². The number of piperazine rings is 1. The summed E-state index contributed by atoms with van der Waals surface area (Å²) < 4.78 is 16.9. The van der Waals surface area contributed by atoms with E-state index >= 15 is 0 Å². The van der Waals surface area contributed by atoms with Crippen molar-refractivity contribution in [2.75, 3.05) is 53.0 Å². The third-order valence-corrected chi connectivity index (χ3v) is 7.65. The van der Waals surface area contributed by atoms with E-state index in [2.05, 4.69) is 36.1 Å². The molecule has 8 nitrogen and oxygen atoms in total. The molecule has 0 unspecified atom stereocenters. The van der Waals surface area contributed by atoms with Crippen LogP contribution in [-0.2, 0) is 16.0 Å². The molecule has 2 aliphatic rings. The SMILES string of the molecule is COCCN1CCN(C(=O)[C@H](C)Oc2ccc3c(c2)[C@H](c2cccc(C)c2)N(C(=O)c2ccco2)CC3)CC1. The van der Waals surface area contributed by atoms with Gasteiger partial charge in [-0.1, -0.05) is 35.9 Å². The minimum absolute atomic E-state index is 0.0102. The number of carbonyl (C=O) groups is 2. The van der Waals surface area contributed by atoms with Gasteiger partial charge in [0.2, 0.25) is 0 Å². The number of hydrogen-bond acceptors (Lipinski definition) is 6. The van der Waals surface area contributed by atoms with E-state index in [1.54, 1.807) is 19.2 Å². The Morgan fingerprint density at radius 2 is 1.85 bits per heavy atom. The second-order valence-corrected chi connectivity index (χ2v) is 10.3. The molecule has 0 spiro atoms. The summed E-state index contributed by atoms with van der Waals surface area (Å²) in [5.74, 6) is 0.795. The Kier molecular flexibility index (Phi) is 8.33. The van der Waals surface area contributed by atoms with Crippen LogP contribution in [0.25, 0.3) is 0 Å². The van der Waals surface area contributed by atoms with Gasteiger partial charge in [0.1, 0.15) is 5.75 Å². The van der Waals surface area contributed by atoms with Crippen LogP contribution < -0.4 is 4.74 Å². The number of amides is 2. The van der Waals surface area contributed by atoms with Crippen LogP contribution in [0.3, 0.4) is 0 Å². The molecule has 5 rings (SSSR count). The van der Waals surface area contributed by atoms with Crippen molar-refractivity contribution in [3.05, 3.63) is 88.9 Å². The molecule has 0 bridgehead atoms. The Morgan fingerprint density at radius 3 is 2.56 bits per heavy atom. The van der Waals surface area contributed by atoms with Crippen molar-refractivity contribution in [1.29, 1.82) is 0 Å². The maximum atomic E-state index is 13.5. The second-order valence-electron chi connectivity index (χ2n) is 10.3. The highest BCUT2D eigenvalue weighted by atomic mass is 16.5. The van der Waals surface area contributed by atoms with Gasteiger partial charge in [0.15, 0.2) is 11.9 Å². The molecule has 0 saturated carbocycles. The van der Waals surface area contributed by atoms with Gasteiger partial charge in [0, 0.05) is 46.4 Å². The van der Waals surface area contributed by atoms with Crippen molar-refractivity contribution in [2.45, 2.75) is 32.4 Å². The van der Waals surface area contributed by atoms with E-state index in [0.29, 0.717) is 37.8 Å². The average molecular weight is 532 g/mol. The standard InChI is InChI=1S/C31H37N3O5/c1-22-6-4-7-25(20-22)29-27-21-26(10-9-24(27)11-12-34(29)31(36)28-8-5-18-38-28)39-23(2)30(35)33-15-13-32(14-16-33)17-19-37-3/h4-10,18,20-21,23,29H,11-17,19H2,1-3H3/t23-,29-/m0/s1. The molecule has 3 heterocycles. The van der Waals surface area contributed by atoms with Crippen LogP contribution in [-0.4, -0.2) is 85.6 Å². The number of aryl methyl sites for hydroxylation is 1. The number of hydrogen-bond donors (Lipinski definition) is 0. The van der Waals surface area contributed by atoms with E-state index in [4.69, 9.17) is 13.9 Å². The molecule has 2 atom stereocenters. The zero-order valence-electron chi connectivity index (χ0n) is 23.0. The summed E-state index contributed by atoms with van der Waals surface area (Å²) in [6, 6.07) is 17.4. The predicted molar refractivity (Wildman–Crippen MR) is 148 cm³/mol. The van der Waals surface area contributed by atoms with E-state index in [-0.39, 0.29) is 17.9 Å². The predicted octanol–water partition coefficient (Wildman–Crippen LogP) is 3.93. The third-order valence-electron chi connectivity index (χ3n) is 7.65. The van der Waals surface area contributed by atoms with E-state index in [0.717, 1.165) is 42.7 Å². The maximum absolute atomic E-state index is 13.5. The summed E-state index contributed by atoms with van der Waals surface area (Å²) in [7, 11) is 1.71. The number of carbonyl (C=O) groups excluding carboxylic acids is 2. The zero-order valence-corrected chi connectivity index (χ0v) is 23.0. The fraction of sp³-hybridized carbons (Fsp3) is 0.419. The molecule has 2 aromatic carbocycles. The molecule has 2 amide bonds. The zero-order chi connectivity index (χ0) is 27.4. The monoisotopic (exact) mass is 531 g/mol. The first kappa shape index (κ1) is 27.0. The van der Waals surface area contributed by atoms with Gasteiger partial charge in [-0.3, -0.25) is 14.5 Å². The maximum Gasteiger partial charge on any atom is 0.290 e. The van der Waals surface area contributed by atoms with Gasteiger partial charge in [-0.25, -0.2) is 0 Å². The van der Waals surface area contributed by atoms with Gasteiger partial charge in [0.25, 0.3) is 11.8 Å². The summed E-state index contributed by atoms with van der Waals surface area (Å²) in [5, 5.41) is 0. The summed E-state index contributed by atoms with van der Waals surface area (Å²) in [6.07, 6.45) is 1.64. The second kappa shape index (κ2) is 12.1.